The maximum atomic E-state index is 6.74. The summed E-state index contributed by atoms with van der Waals surface area (Å²) in [5.41, 5.74) is 7.20. The number of rotatable bonds is 18. The van der Waals surface area contributed by atoms with Crippen molar-refractivity contribution in [2.75, 3.05) is 78.7 Å². The van der Waals surface area contributed by atoms with E-state index in [0.29, 0.717) is 19.8 Å². The highest BCUT2D eigenvalue weighted by Crippen LogP contribution is 2.41. The molecule has 0 saturated carbocycles. The third kappa shape index (κ3) is 11.5. The fraction of sp³-hybridized carbons (Fsp3) is 0.478. The smallest absolute Gasteiger partial charge is 0.169 e. The van der Waals surface area contributed by atoms with Crippen LogP contribution >= 0.6 is 0 Å². The molecule has 7 heteroatoms. The van der Waals surface area contributed by atoms with Gasteiger partial charge in [-0.15, -0.1) is 0 Å². The Morgan fingerprint density at radius 1 is 0.491 bits per heavy atom. The van der Waals surface area contributed by atoms with Crippen LogP contribution in [0.4, 0.5) is 0 Å². The van der Waals surface area contributed by atoms with Crippen LogP contribution in [-0.4, -0.2) is 93.4 Å². The van der Waals surface area contributed by atoms with E-state index in [9.17, 15) is 0 Å². The van der Waals surface area contributed by atoms with Gasteiger partial charge < -0.3 is 33.6 Å². The molecule has 0 aromatic heterocycles. The lowest BCUT2D eigenvalue weighted by Gasteiger charge is -2.23. The number of nitrogens with zero attached hydrogens (tertiary/aromatic N) is 3. The van der Waals surface area contributed by atoms with Crippen LogP contribution in [0, 0.1) is 0 Å². The Balaban J connectivity index is 1.51. The minimum Gasteiger partial charge on any atom is -0.492 e. The molecule has 286 valence electrons. The first-order chi connectivity index (χ1) is 26.0. The molecular formula is C46H63N3O4. The second-order valence-electron chi connectivity index (χ2n) is 13.8. The van der Waals surface area contributed by atoms with Gasteiger partial charge in [0.1, 0.15) is 37.1 Å². The van der Waals surface area contributed by atoms with E-state index in [2.05, 4.69) is 135 Å². The van der Waals surface area contributed by atoms with Crippen molar-refractivity contribution in [2.24, 2.45) is 0 Å². The maximum Gasteiger partial charge on any atom is 0.169 e. The molecule has 8 rings (SSSR count). The van der Waals surface area contributed by atoms with Crippen molar-refractivity contribution in [1.29, 1.82) is 0 Å². The van der Waals surface area contributed by atoms with Crippen molar-refractivity contribution in [3.05, 3.63) is 101 Å². The van der Waals surface area contributed by atoms with E-state index in [4.69, 9.17) is 18.9 Å². The molecule has 7 nitrogen and oxygen atoms in total. The fourth-order valence-corrected chi connectivity index (χ4v) is 7.06. The van der Waals surface area contributed by atoms with Crippen molar-refractivity contribution >= 4 is 0 Å². The number of hydrogen-bond donors (Lipinski definition) is 0. The summed E-state index contributed by atoms with van der Waals surface area (Å²) in [6.45, 7) is 23.8. The van der Waals surface area contributed by atoms with E-state index in [0.717, 1.165) is 124 Å². The third-order valence-electron chi connectivity index (χ3n) is 10.7. The minimum absolute atomic E-state index is 0.615. The average Bonchev–Trinajstić information content (AvgIpc) is 3.19. The highest BCUT2D eigenvalue weighted by Gasteiger charge is 2.19. The molecule has 0 N–H and O–H groups in total. The Morgan fingerprint density at radius 3 is 1.60 bits per heavy atom. The van der Waals surface area contributed by atoms with Gasteiger partial charge in [-0.25, -0.2) is 0 Å². The van der Waals surface area contributed by atoms with Gasteiger partial charge in [-0.3, -0.25) is 0 Å². The Morgan fingerprint density at radius 2 is 1.00 bits per heavy atom. The van der Waals surface area contributed by atoms with E-state index in [1.165, 1.54) is 22.3 Å². The topological polar surface area (TPSA) is 46.6 Å². The first-order valence-electron chi connectivity index (χ1n) is 20.2. The fourth-order valence-electron chi connectivity index (χ4n) is 7.06. The Labute approximate surface area is 319 Å². The minimum atomic E-state index is 0.615. The van der Waals surface area contributed by atoms with Gasteiger partial charge in [0.2, 0.25) is 0 Å². The van der Waals surface area contributed by atoms with Crippen molar-refractivity contribution < 1.29 is 18.9 Å². The van der Waals surface area contributed by atoms with Crippen molar-refractivity contribution in [2.45, 2.75) is 67.2 Å². The normalized spacial score (nSPS) is 12.8. The molecule has 0 aliphatic carbocycles. The number of aryl methyl sites for hydroxylation is 4. The lowest BCUT2D eigenvalue weighted by atomic mass is 9.92. The van der Waals surface area contributed by atoms with Gasteiger partial charge in [0.05, 0.1) is 0 Å². The second kappa shape index (κ2) is 21.0. The van der Waals surface area contributed by atoms with Crippen molar-refractivity contribution in [1.82, 2.24) is 14.7 Å². The molecule has 0 fully saturated rings. The zero-order valence-electron chi connectivity index (χ0n) is 33.3. The van der Waals surface area contributed by atoms with Gasteiger partial charge in [0.25, 0.3) is 0 Å². The van der Waals surface area contributed by atoms with Gasteiger partial charge in [-0.2, -0.15) is 0 Å². The lowest BCUT2D eigenvalue weighted by Crippen LogP contribution is -2.28. The molecule has 0 unspecified atom stereocenters. The molecule has 4 aromatic rings. The number of benzene rings is 4. The summed E-state index contributed by atoms with van der Waals surface area (Å²) >= 11 is 0. The third-order valence-corrected chi connectivity index (χ3v) is 10.7. The largest absolute Gasteiger partial charge is 0.492 e. The highest BCUT2D eigenvalue weighted by molar-refractivity contribution is 5.79. The molecule has 53 heavy (non-hydrogen) atoms. The quantitative estimate of drug-likeness (QED) is 0.102. The molecule has 4 aliphatic heterocycles. The van der Waals surface area contributed by atoms with Gasteiger partial charge in [0.15, 0.2) is 11.5 Å². The lowest BCUT2D eigenvalue weighted by molar-refractivity contribution is 0.218. The summed E-state index contributed by atoms with van der Waals surface area (Å²) in [5, 5.41) is 0. The van der Waals surface area contributed by atoms with E-state index >= 15 is 0 Å². The van der Waals surface area contributed by atoms with Gasteiger partial charge in [0, 0.05) is 30.8 Å². The van der Waals surface area contributed by atoms with Crippen LogP contribution in [0.3, 0.4) is 0 Å². The number of likely N-dealkylation sites (N-methyl/N-ethyl adjacent to an activating group) is 3. The van der Waals surface area contributed by atoms with E-state index < -0.39 is 0 Å². The van der Waals surface area contributed by atoms with Crippen molar-refractivity contribution in [3.63, 3.8) is 0 Å². The molecule has 0 amide bonds. The van der Waals surface area contributed by atoms with Gasteiger partial charge in [-0.05, 0) is 124 Å². The van der Waals surface area contributed by atoms with Gasteiger partial charge in [-0.1, -0.05) is 84.0 Å². The van der Waals surface area contributed by atoms with Crippen LogP contribution in [0.15, 0.2) is 78.9 Å². The SMILES string of the molecule is CCN(CC)CCOc1ccc2cc1Oc1ccc(cc1)CCc1cccc(OCCN(CC)CC)c1-c1ccc(cc1OCCN(CC)CC)CC2. The number of ether oxygens (including phenoxy) is 4. The predicted octanol–water partition coefficient (Wildman–Crippen LogP) is 9.19. The molecular weight excluding hydrogens is 659 g/mol. The molecule has 4 aromatic carbocycles. The summed E-state index contributed by atoms with van der Waals surface area (Å²) in [5.74, 6) is 4.18. The summed E-state index contributed by atoms with van der Waals surface area (Å²) in [6.07, 6.45) is 3.50. The molecule has 0 saturated heterocycles. The van der Waals surface area contributed by atoms with Crippen LogP contribution in [-0.2, 0) is 25.7 Å². The summed E-state index contributed by atoms with van der Waals surface area (Å²) < 4.78 is 26.2. The molecule has 0 atom stereocenters. The van der Waals surface area contributed by atoms with Gasteiger partial charge >= 0.3 is 0 Å². The average molecular weight is 722 g/mol. The summed E-state index contributed by atoms with van der Waals surface area (Å²) in [6, 6.07) is 28.2. The van der Waals surface area contributed by atoms with E-state index in [-0.39, 0.29) is 0 Å². The second-order valence-corrected chi connectivity index (χ2v) is 13.8. The number of hydrogen-bond acceptors (Lipinski definition) is 7. The Bertz CT molecular complexity index is 1680. The molecule has 4 heterocycles. The molecule has 6 bridgehead atoms. The Hall–Kier alpha value is -4.04. The van der Waals surface area contributed by atoms with Crippen LogP contribution in [0.5, 0.6) is 28.7 Å². The monoisotopic (exact) mass is 721 g/mol. The Kier molecular flexibility index (Phi) is 15.9. The van der Waals surface area contributed by atoms with Crippen LogP contribution < -0.4 is 18.9 Å². The molecule has 0 spiro atoms. The zero-order chi connectivity index (χ0) is 37.4. The van der Waals surface area contributed by atoms with Crippen LogP contribution in [0.1, 0.15) is 63.8 Å². The van der Waals surface area contributed by atoms with E-state index in [1.54, 1.807) is 0 Å². The summed E-state index contributed by atoms with van der Waals surface area (Å²) in [7, 11) is 0. The first kappa shape index (κ1) is 40.2. The maximum absolute atomic E-state index is 6.74. The molecule has 0 radical (unpaired) electrons. The molecule has 4 aliphatic rings. The highest BCUT2D eigenvalue weighted by atomic mass is 16.5. The van der Waals surface area contributed by atoms with Crippen LogP contribution in [0.25, 0.3) is 11.1 Å². The standard InChI is InChI=1S/C46H63N3O4/c1-7-47(8-2)28-31-50-42-27-22-38-17-16-37-21-26-41(44(34-37)52-33-30-49(11-5)12-6)46-39(14-13-15-43(46)51-32-29-48(9-3)10-4)23-18-36-19-24-40(25-20-36)53-45(42)35-38/h13-15,19-22,24-27,34-35H,7-12,16-18,23,28-33H2,1-6H3. The van der Waals surface area contributed by atoms with Crippen molar-refractivity contribution in [3.8, 4) is 39.9 Å². The predicted molar refractivity (Wildman–Crippen MR) is 220 cm³/mol. The van der Waals surface area contributed by atoms with E-state index in [1.807, 2.05) is 0 Å². The first-order valence-corrected chi connectivity index (χ1v) is 20.2. The zero-order valence-corrected chi connectivity index (χ0v) is 33.3. The van der Waals surface area contributed by atoms with Crippen LogP contribution in [0.2, 0.25) is 0 Å². The summed E-state index contributed by atoms with van der Waals surface area (Å²) in [4.78, 5) is 7.18.